The summed E-state index contributed by atoms with van der Waals surface area (Å²) in [6, 6.07) is 14.7. The lowest BCUT2D eigenvalue weighted by Gasteiger charge is -2.27. The standard InChI is InChI=1S/C28H26O7/c1-16(29)20-5-8-24-27(28(20)31)21(15-26(30)35-24)18-4-7-23(32-2)25(14-18)34-11-9-17-3-6-22-19(13-17)10-12-33-22/h3-8,13-14,21,31H,9-12,15H2,1-2H3. The molecule has 0 saturated carbocycles. The fourth-order valence-electron chi connectivity index (χ4n) is 4.71. The number of aromatic hydroxyl groups is 1. The van der Waals surface area contributed by atoms with Gasteiger partial charge in [-0.15, -0.1) is 0 Å². The van der Waals surface area contributed by atoms with Crippen LogP contribution in [0.4, 0.5) is 0 Å². The van der Waals surface area contributed by atoms with Gasteiger partial charge in [0.1, 0.15) is 17.2 Å². The fourth-order valence-corrected chi connectivity index (χ4v) is 4.71. The fraction of sp³-hybridized carbons (Fsp3) is 0.286. The van der Waals surface area contributed by atoms with Gasteiger partial charge in [0.05, 0.1) is 32.3 Å². The highest BCUT2D eigenvalue weighted by molar-refractivity contribution is 5.98. The molecule has 3 aromatic rings. The molecule has 5 rings (SSSR count). The van der Waals surface area contributed by atoms with Gasteiger partial charge in [0.25, 0.3) is 0 Å². The molecule has 180 valence electrons. The number of phenolic OH excluding ortho intramolecular Hbond substituents is 1. The number of ether oxygens (including phenoxy) is 4. The molecule has 0 saturated heterocycles. The van der Waals surface area contributed by atoms with E-state index >= 15 is 0 Å². The SMILES string of the molecule is COc1ccc(C2CC(=O)Oc3ccc(C(C)=O)c(O)c32)cc1OCCc1ccc2c(c1)CCO2. The van der Waals surface area contributed by atoms with Crippen LogP contribution >= 0.6 is 0 Å². The maximum absolute atomic E-state index is 12.3. The summed E-state index contributed by atoms with van der Waals surface area (Å²) in [5, 5.41) is 10.9. The number of rotatable bonds is 7. The van der Waals surface area contributed by atoms with E-state index in [0.29, 0.717) is 30.1 Å². The number of Topliss-reactive ketones (excluding diaryl/α,β-unsaturated/α-hetero) is 1. The van der Waals surface area contributed by atoms with Crippen LogP contribution in [0.1, 0.15) is 51.9 Å². The number of methoxy groups -OCH3 is 1. The van der Waals surface area contributed by atoms with Gasteiger partial charge in [-0.3, -0.25) is 9.59 Å². The van der Waals surface area contributed by atoms with Gasteiger partial charge in [0.15, 0.2) is 17.3 Å². The van der Waals surface area contributed by atoms with Crippen molar-refractivity contribution in [3.63, 3.8) is 0 Å². The summed E-state index contributed by atoms with van der Waals surface area (Å²) < 4.78 is 22.5. The van der Waals surface area contributed by atoms with Crippen molar-refractivity contribution in [2.75, 3.05) is 20.3 Å². The summed E-state index contributed by atoms with van der Waals surface area (Å²) in [4.78, 5) is 24.3. The first-order valence-corrected chi connectivity index (χ1v) is 11.6. The van der Waals surface area contributed by atoms with E-state index in [1.807, 2.05) is 24.3 Å². The molecule has 0 amide bonds. The highest BCUT2D eigenvalue weighted by Gasteiger charge is 2.33. The van der Waals surface area contributed by atoms with Gasteiger partial charge in [0, 0.05) is 24.3 Å². The first kappa shape index (κ1) is 22.8. The Balaban J connectivity index is 1.41. The molecule has 0 aromatic heterocycles. The maximum Gasteiger partial charge on any atom is 0.312 e. The number of carbonyl (C=O) groups is 2. The minimum absolute atomic E-state index is 0.0326. The summed E-state index contributed by atoms with van der Waals surface area (Å²) in [5.74, 6) is 0.990. The summed E-state index contributed by atoms with van der Waals surface area (Å²) in [5.41, 5.74) is 3.75. The van der Waals surface area contributed by atoms with Crippen LogP contribution < -0.4 is 18.9 Å². The molecule has 2 heterocycles. The second-order valence-corrected chi connectivity index (χ2v) is 8.71. The molecule has 0 radical (unpaired) electrons. The monoisotopic (exact) mass is 474 g/mol. The van der Waals surface area contributed by atoms with E-state index in [4.69, 9.17) is 18.9 Å². The molecule has 0 spiro atoms. The number of hydrogen-bond donors (Lipinski definition) is 1. The quantitative estimate of drug-likeness (QED) is 0.304. The number of hydrogen-bond acceptors (Lipinski definition) is 7. The largest absolute Gasteiger partial charge is 0.507 e. The van der Waals surface area contributed by atoms with Crippen molar-refractivity contribution >= 4 is 11.8 Å². The Bertz CT molecular complexity index is 1310. The van der Waals surface area contributed by atoms with E-state index < -0.39 is 11.9 Å². The van der Waals surface area contributed by atoms with Crippen molar-refractivity contribution in [2.24, 2.45) is 0 Å². The van der Waals surface area contributed by atoms with E-state index in [2.05, 4.69) is 6.07 Å². The zero-order valence-corrected chi connectivity index (χ0v) is 19.6. The van der Waals surface area contributed by atoms with Crippen LogP contribution in [0.3, 0.4) is 0 Å². The Hall–Kier alpha value is -4.00. The third-order valence-corrected chi connectivity index (χ3v) is 6.49. The average molecular weight is 475 g/mol. The minimum atomic E-state index is -0.490. The number of fused-ring (bicyclic) bond motifs is 2. The molecular formula is C28H26O7. The van der Waals surface area contributed by atoms with Crippen LogP contribution in [0.25, 0.3) is 0 Å². The topological polar surface area (TPSA) is 91.3 Å². The van der Waals surface area contributed by atoms with Crippen LogP contribution in [0.15, 0.2) is 48.5 Å². The highest BCUT2D eigenvalue weighted by atomic mass is 16.5. The average Bonchev–Trinajstić information content (AvgIpc) is 3.31. The molecule has 2 aliphatic rings. The van der Waals surface area contributed by atoms with Crippen LogP contribution in [0, 0.1) is 0 Å². The normalized spacial score (nSPS) is 16.1. The first-order chi connectivity index (χ1) is 16.9. The van der Waals surface area contributed by atoms with E-state index in [-0.39, 0.29) is 29.3 Å². The van der Waals surface area contributed by atoms with E-state index in [9.17, 15) is 14.7 Å². The van der Waals surface area contributed by atoms with Gasteiger partial charge in [-0.2, -0.15) is 0 Å². The third-order valence-electron chi connectivity index (χ3n) is 6.49. The molecule has 7 heteroatoms. The lowest BCUT2D eigenvalue weighted by Crippen LogP contribution is -2.21. The predicted octanol–water partition coefficient (Wildman–Crippen LogP) is 4.60. The van der Waals surface area contributed by atoms with Crippen LogP contribution in [-0.4, -0.2) is 37.2 Å². The van der Waals surface area contributed by atoms with Crippen LogP contribution in [0.5, 0.6) is 28.7 Å². The molecule has 35 heavy (non-hydrogen) atoms. The molecule has 0 bridgehead atoms. The second-order valence-electron chi connectivity index (χ2n) is 8.71. The summed E-state index contributed by atoms with van der Waals surface area (Å²) in [6.07, 6.45) is 1.66. The summed E-state index contributed by atoms with van der Waals surface area (Å²) in [7, 11) is 1.57. The summed E-state index contributed by atoms with van der Waals surface area (Å²) >= 11 is 0. The molecule has 2 aliphatic heterocycles. The van der Waals surface area contributed by atoms with Gasteiger partial charge < -0.3 is 24.1 Å². The zero-order valence-electron chi connectivity index (χ0n) is 19.6. The predicted molar refractivity (Wildman–Crippen MR) is 128 cm³/mol. The van der Waals surface area contributed by atoms with Gasteiger partial charge >= 0.3 is 5.97 Å². The Morgan fingerprint density at radius 3 is 2.71 bits per heavy atom. The lowest BCUT2D eigenvalue weighted by atomic mass is 9.84. The number of ketones is 1. The molecule has 3 aromatic carbocycles. The van der Waals surface area contributed by atoms with Crippen molar-refractivity contribution in [1.29, 1.82) is 0 Å². The van der Waals surface area contributed by atoms with E-state index in [0.717, 1.165) is 29.9 Å². The van der Waals surface area contributed by atoms with E-state index in [1.54, 1.807) is 19.2 Å². The number of esters is 1. The van der Waals surface area contributed by atoms with Crippen molar-refractivity contribution in [2.45, 2.75) is 32.1 Å². The van der Waals surface area contributed by atoms with Crippen LogP contribution in [-0.2, 0) is 17.6 Å². The van der Waals surface area contributed by atoms with E-state index in [1.165, 1.54) is 18.6 Å². The summed E-state index contributed by atoms with van der Waals surface area (Å²) in [6.45, 7) is 2.54. The lowest BCUT2D eigenvalue weighted by molar-refractivity contribution is -0.135. The smallest absolute Gasteiger partial charge is 0.312 e. The van der Waals surface area contributed by atoms with Gasteiger partial charge in [-0.05, 0) is 53.9 Å². The molecule has 1 N–H and O–H groups in total. The highest BCUT2D eigenvalue weighted by Crippen LogP contribution is 2.46. The van der Waals surface area contributed by atoms with Gasteiger partial charge in [0.2, 0.25) is 0 Å². The van der Waals surface area contributed by atoms with Crippen molar-refractivity contribution in [3.8, 4) is 28.7 Å². The van der Waals surface area contributed by atoms with Gasteiger partial charge in [-0.1, -0.05) is 18.2 Å². The molecular weight excluding hydrogens is 448 g/mol. The maximum atomic E-state index is 12.3. The zero-order chi connectivity index (χ0) is 24.5. The second kappa shape index (κ2) is 9.33. The number of benzene rings is 3. The number of phenols is 1. The van der Waals surface area contributed by atoms with Crippen molar-refractivity contribution < 1.29 is 33.6 Å². The Morgan fingerprint density at radius 1 is 1.09 bits per heavy atom. The third kappa shape index (κ3) is 4.41. The first-order valence-electron chi connectivity index (χ1n) is 11.6. The molecule has 1 atom stereocenters. The Labute approximate surface area is 203 Å². The van der Waals surface area contributed by atoms with Crippen molar-refractivity contribution in [3.05, 3.63) is 76.3 Å². The Kier molecular flexibility index (Phi) is 6.07. The molecule has 0 fully saturated rings. The number of carbonyl (C=O) groups excluding carboxylic acids is 2. The molecule has 0 aliphatic carbocycles. The molecule has 7 nitrogen and oxygen atoms in total. The van der Waals surface area contributed by atoms with Crippen LogP contribution in [0.2, 0.25) is 0 Å². The Morgan fingerprint density at radius 2 is 1.91 bits per heavy atom. The molecule has 1 unspecified atom stereocenters. The van der Waals surface area contributed by atoms with Gasteiger partial charge in [-0.25, -0.2) is 0 Å². The minimum Gasteiger partial charge on any atom is -0.507 e. The van der Waals surface area contributed by atoms with Crippen molar-refractivity contribution in [1.82, 2.24) is 0 Å².